The van der Waals surface area contributed by atoms with Crippen LogP contribution < -0.4 is 15.5 Å². The molecule has 2 heterocycles. The SMILES string of the molecule is CCc1ccccc1NC(=O)C(=O)NC[C@@H](c1ccco1)N1CCc2ccccc21. The molecule has 6 heteroatoms. The Bertz CT molecular complexity index is 1030. The molecule has 30 heavy (non-hydrogen) atoms. The van der Waals surface area contributed by atoms with E-state index in [-0.39, 0.29) is 12.6 Å². The van der Waals surface area contributed by atoms with Crippen LogP contribution in [0.1, 0.15) is 29.9 Å². The van der Waals surface area contributed by atoms with Crippen molar-refractivity contribution in [2.45, 2.75) is 25.8 Å². The molecule has 154 valence electrons. The highest BCUT2D eigenvalue weighted by molar-refractivity contribution is 6.39. The second-order valence-corrected chi connectivity index (χ2v) is 7.28. The molecule has 2 amide bonds. The molecule has 0 spiro atoms. The number of carbonyl (C=O) groups excluding carboxylic acids is 2. The topological polar surface area (TPSA) is 74.6 Å². The predicted octanol–water partition coefficient (Wildman–Crippen LogP) is 3.70. The van der Waals surface area contributed by atoms with Crippen LogP contribution in [0.15, 0.2) is 71.3 Å². The highest BCUT2D eigenvalue weighted by Gasteiger charge is 2.29. The maximum atomic E-state index is 12.5. The van der Waals surface area contributed by atoms with Gasteiger partial charge in [-0.1, -0.05) is 43.3 Å². The Morgan fingerprint density at radius 2 is 1.83 bits per heavy atom. The van der Waals surface area contributed by atoms with E-state index in [1.54, 1.807) is 12.3 Å². The van der Waals surface area contributed by atoms with Crippen LogP contribution in [0.25, 0.3) is 0 Å². The van der Waals surface area contributed by atoms with E-state index in [1.807, 2.05) is 49.4 Å². The molecular weight excluding hydrogens is 378 g/mol. The van der Waals surface area contributed by atoms with Crippen molar-refractivity contribution in [1.29, 1.82) is 0 Å². The van der Waals surface area contributed by atoms with Crippen molar-refractivity contribution in [2.24, 2.45) is 0 Å². The molecule has 4 rings (SSSR count). The van der Waals surface area contributed by atoms with E-state index in [0.29, 0.717) is 5.69 Å². The lowest BCUT2D eigenvalue weighted by Crippen LogP contribution is -2.41. The average molecular weight is 403 g/mol. The lowest BCUT2D eigenvalue weighted by atomic mass is 10.1. The van der Waals surface area contributed by atoms with Crippen molar-refractivity contribution < 1.29 is 14.0 Å². The summed E-state index contributed by atoms with van der Waals surface area (Å²) in [5, 5.41) is 5.50. The molecular formula is C24H25N3O3. The quantitative estimate of drug-likeness (QED) is 0.616. The van der Waals surface area contributed by atoms with E-state index >= 15 is 0 Å². The number of furan rings is 1. The van der Waals surface area contributed by atoms with E-state index in [9.17, 15) is 9.59 Å². The van der Waals surface area contributed by atoms with Crippen molar-refractivity contribution in [3.8, 4) is 0 Å². The molecule has 0 saturated heterocycles. The zero-order valence-electron chi connectivity index (χ0n) is 16.9. The third kappa shape index (κ3) is 4.08. The first-order chi connectivity index (χ1) is 14.7. The number of carbonyl (C=O) groups is 2. The number of nitrogens with one attached hydrogen (secondary N) is 2. The van der Waals surface area contributed by atoms with E-state index < -0.39 is 11.8 Å². The second kappa shape index (κ2) is 8.86. The van der Waals surface area contributed by atoms with Gasteiger partial charge < -0.3 is 20.0 Å². The zero-order valence-corrected chi connectivity index (χ0v) is 16.9. The molecule has 1 aliphatic heterocycles. The van der Waals surface area contributed by atoms with Gasteiger partial charge in [0.2, 0.25) is 0 Å². The lowest BCUT2D eigenvalue weighted by Gasteiger charge is -2.29. The number of anilines is 2. The number of fused-ring (bicyclic) bond motifs is 1. The summed E-state index contributed by atoms with van der Waals surface area (Å²) in [6, 6.07) is 19.3. The maximum absolute atomic E-state index is 12.5. The number of amides is 2. The molecule has 0 radical (unpaired) electrons. The van der Waals surface area contributed by atoms with Gasteiger partial charge in [-0.25, -0.2) is 0 Å². The predicted molar refractivity (Wildman–Crippen MR) is 116 cm³/mol. The molecule has 2 aromatic carbocycles. The summed E-state index contributed by atoms with van der Waals surface area (Å²) in [6.07, 6.45) is 3.34. The highest BCUT2D eigenvalue weighted by Crippen LogP contribution is 2.34. The molecule has 1 aliphatic rings. The summed E-state index contributed by atoms with van der Waals surface area (Å²) in [6.45, 7) is 3.10. The van der Waals surface area contributed by atoms with Crippen LogP contribution in [0.5, 0.6) is 0 Å². The fraction of sp³-hybridized carbons (Fsp3) is 0.250. The fourth-order valence-corrected chi connectivity index (χ4v) is 3.93. The van der Waals surface area contributed by atoms with Gasteiger partial charge in [-0.2, -0.15) is 0 Å². The summed E-state index contributed by atoms with van der Waals surface area (Å²) in [5.41, 5.74) is 4.06. The molecule has 1 aromatic heterocycles. The van der Waals surface area contributed by atoms with Crippen molar-refractivity contribution in [1.82, 2.24) is 5.32 Å². The Hall–Kier alpha value is -3.54. The Morgan fingerprint density at radius 3 is 2.63 bits per heavy atom. The molecule has 0 fully saturated rings. The minimum Gasteiger partial charge on any atom is -0.467 e. The number of nitrogens with zero attached hydrogens (tertiary/aromatic N) is 1. The number of benzene rings is 2. The van der Waals surface area contributed by atoms with E-state index in [1.165, 1.54) is 5.56 Å². The molecule has 2 N–H and O–H groups in total. The number of aryl methyl sites for hydroxylation is 1. The standard InChI is InChI=1S/C24H25N3O3/c1-2-17-8-3-5-10-19(17)26-24(29)23(28)25-16-21(22-12-7-15-30-22)27-14-13-18-9-4-6-11-20(18)27/h3-12,15,21H,2,13-14,16H2,1H3,(H,25,28)(H,26,29)/t21-/m0/s1. The van der Waals surface area contributed by atoms with Gasteiger partial charge in [-0.15, -0.1) is 0 Å². The number of hydrogen-bond acceptors (Lipinski definition) is 4. The van der Waals surface area contributed by atoms with Crippen LogP contribution in [0.4, 0.5) is 11.4 Å². The largest absolute Gasteiger partial charge is 0.467 e. The minimum atomic E-state index is -0.670. The van der Waals surface area contributed by atoms with Gasteiger partial charge in [0.1, 0.15) is 11.8 Å². The van der Waals surface area contributed by atoms with Gasteiger partial charge in [0, 0.05) is 24.5 Å². The summed E-state index contributed by atoms with van der Waals surface area (Å²) in [4.78, 5) is 27.2. The van der Waals surface area contributed by atoms with Gasteiger partial charge in [0.15, 0.2) is 0 Å². The van der Waals surface area contributed by atoms with Crippen LogP contribution in [0, 0.1) is 0 Å². The Labute approximate surface area is 175 Å². The van der Waals surface area contributed by atoms with Gasteiger partial charge in [-0.3, -0.25) is 9.59 Å². The minimum absolute atomic E-state index is 0.191. The smallest absolute Gasteiger partial charge is 0.313 e. The molecule has 6 nitrogen and oxygen atoms in total. The van der Waals surface area contributed by atoms with Crippen LogP contribution in [-0.4, -0.2) is 24.9 Å². The van der Waals surface area contributed by atoms with E-state index in [0.717, 1.165) is 36.4 Å². The Balaban J connectivity index is 1.45. The fourth-order valence-electron chi connectivity index (χ4n) is 3.93. The van der Waals surface area contributed by atoms with Gasteiger partial charge in [-0.05, 0) is 48.2 Å². The third-order valence-electron chi connectivity index (χ3n) is 5.48. The monoisotopic (exact) mass is 403 g/mol. The first-order valence-electron chi connectivity index (χ1n) is 10.2. The maximum Gasteiger partial charge on any atom is 0.313 e. The van der Waals surface area contributed by atoms with Crippen molar-refractivity contribution in [2.75, 3.05) is 23.3 Å². The Kier molecular flexibility index (Phi) is 5.84. The normalized spacial score (nSPS) is 13.6. The Morgan fingerprint density at radius 1 is 1.03 bits per heavy atom. The number of rotatable bonds is 6. The van der Waals surface area contributed by atoms with E-state index in [2.05, 4.69) is 27.7 Å². The van der Waals surface area contributed by atoms with Crippen LogP contribution >= 0.6 is 0 Å². The van der Waals surface area contributed by atoms with Crippen molar-refractivity contribution in [3.05, 3.63) is 83.8 Å². The van der Waals surface area contributed by atoms with Gasteiger partial charge >= 0.3 is 11.8 Å². The van der Waals surface area contributed by atoms with Gasteiger partial charge in [0.25, 0.3) is 0 Å². The molecule has 1 atom stereocenters. The molecule has 0 saturated carbocycles. The lowest BCUT2D eigenvalue weighted by molar-refractivity contribution is -0.136. The highest BCUT2D eigenvalue weighted by atomic mass is 16.3. The molecule has 3 aromatic rings. The summed E-state index contributed by atoms with van der Waals surface area (Å²) in [7, 11) is 0. The molecule has 0 bridgehead atoms. The van der Waals surface area contributed by atoms with Crippen LogP contribution in [-0.2, 0) is 22.4 Å². The third-order valence-corrected chi connectivity index (χ3v) is 5.48. The van der Waals surface area contributed by atoms with E-state index in [4.69, 9.17) is 4.42 Å². The summed E-state index contributed by atoms with van der Waals surface area (Å²) in [5.74, 6) is -0.579. The average Bonchev–Trinajstić information content (AvgIpc) is 3.45. The second-order valence-electron chi connectivity index (χ2n) is 7.28. The van der Waals surface area contributed by atoms with Crippen molar-refractivity contribution >= 4 is 23.2 Å². The van der Waals surface area contributed by atoms with Crippen LogP contribution in [0.3, 0.4) is 0 Å². The first kappa shape index (κ1) is 19.8. The summed E-state index contributed by atoms with van der Waals surface area (Å²) < 4.78 is 5.65. The number of hydrogen-bond donors (Lipinski definition) is 2. The van der Waals surface area contributed by atoms with Crippen LogP contribution in [0.2, 0.25) is 0 Å². The van der Waals surface area contributed by atoms with Gasteiger partial charge in [0.05, 0.1) is 6.26 Å². The summed E-state index contributed by atoms with van der Waals surface area (Å²) >= 11 is 0. The first-order valence-corrected chi connectivity index (χ1v) is 10.2. The molecule has 0 aliphatic carbocycles. The zero-order chi connectivity index (χ0) is 20.9. The molecule has 0 unspecified atom stereocenters. The van der Waals surface area contributed by atoms with Crippen molar-refractivity contribution in [3.63, 3.8) is 0 Å². The number of para-hydroxylation sites is 2.